The normalized spacial score (nSPS) is 15.5. The van der Waals surface area contributed by atoms with Crippen LogP contribution < -0.4 is 5.32 Å². The van der Waals surface area contributed by atoms with E-state index in [0.717, 1.165) is 18.7 Å². The van der Waals surface area contributed by atoms with Crippen molar-refractivity contribution in [1.82, 2.24) is 14.9 Å². The van der Waals surface area contributed by atoms with Crippen LogP contribution in [0.3, 0.4) is 0 Å². The van der Waals surface area contributed by atoms with Crippen molar-refractivity contribution in [3.05, 3.63) is 10.6 Å². The Kier molecular flexibility index (Phi) is 6.40. The molecule has 1 rings (SSSR count). The van der Waals surface area contributed by atoms with Crippen molar-refractivity contribution in [2.75, 3.05) is 6.54 Å². The summed E-state index contributed by atoms with van der Waals surface area (Å²) in [6.45, 7) is 14.5. The van der Waals surface area contributed by atoms with Crippen LogP contribution in [0.1, 0.15) is 77.4 Å². The van der Waals surface area contributed by atoms with E-state index < -0.39 is 0 Å². The zero-order valence-corrected chi connectivity index (χ0v) is 14.1. The SMILES string of the molecule is CCCNC(c1snnc1C(C)(C)C)C(C)CCC. The van der Waals surface area contributed by atoms with E-state index in [4.69, 9.17) is 0 Å². The Bertz CT molecular complexity index is 368. The number of aromatic nitrogens is 2. The molecule has 2 atom stereocenters. The largest absolute Gasteiger partial charge is 0.309 e. The highest BCUT2D eigenvalue weighted by Crippen LogP contribution is 2.35. The van der Waals surface area contributed by atoms with Crippen LogP contribution in [-0.2, 0) is 5.41 Å². The minimum atomic E-state index is 0.0699. The summed E-state index contributed by atoms with van der Waals surface area (Å²) < 4.78 is 4.21. The quantitative estimate of drug-likeness (QED) is 0.810. The maximum Gasteiger partial charge on any atom is 0.0857 e. The number of rotatable bonds is 7. The molecule has 0 saturated carbocycles. The first-order valence-corrected chi connectivity index (χ1v) is 8.25. The lowest BCUT2D eigenvalue weighted by molar-refractivity contribution is 0.361. The fourth-order valence-corrected chi connectivity index (χ4v) is 3.47. The molecular weight excluding hydrogens is 254 g/mol. The third-order valence-corrected chi connectivity index (χ3v) is 4.24. The highest BCUT2D eigenvalue weighted by Gasteiger charge is 2.29. The van der Waals surface area contributed by atoms with Gasteiger partial charge in [-0.25, -0.2) is 0 Å². The molecule has 0 bridgehead atoms. The second kappa shape index (κ2) is 7.34. The van der Waals surface area contributed by atoms with E-state index in [1.54, 1.807) is 11.5 Å². The van der Waals surface area contributed by atoms with Gasteiger partial charge in [-0.3, -0.25) is 0 Å². The number of hydrogen-bond donors (Lipinski definition) is 1. The standard InChI is InChI=1S/C15H29N3S/c1-7-9-11(3)12(16-10-8-2)13-14(15(4,5)6)17-18-19-13/h11-12,16H,7-10H2,1-6H3. The van der Waals surface area contributed by atoms with Crippen LogP contribution in [0.2, 0.25) is 0 Å². The van der Waals surface area contributed by atoms with E-state index >= 15 is 0 Å². The zero-order valence-electron chi connectivity index (χ0n) is 13.3. The van der Waals surface area contributed by atoms with Gasteiger partial charge in [0.2, 0.25) is 0 Å². The lowest BCUT2D eigenvalue weighted by Crippen LogP contribution is -2.29. The zero-order chi connectivity index (χ0) is 14.5. The molecule has 1 heterocycles. The number of nitrogens with zero attached hydrogens (tertiary/aromatic N) is 2. The van der Waals surface area contributed by atoms with Crippen molar-refractivity contribution in [3.8, 4) is 0 Å². The molecule has 0 aliphatic carbocycles. The van der Waals surface area contributed by atoms with E-state index in [2.05, 4.69) is 56.4 Å². The van der Waals surface area contributed by atoms with E-state index in [1.165, 1.54) is 17.7 Å². The van der Waals surface area contributed by atoms with Gasteiger partial charge in [-0.1, -0.05) is 52.5 Å². The van der Waals surface area contributed by atoms with E-state index in [9.17, 15) is 0 Å². The van der Waals surface area contributed by atoms with E-state index in [1.807, 2.05) is 0 Å². The molecule has 0 fully saturated rings. The van der Waals surface area contributed by atoms with Crippen LogP contribution in [0.4, 0.5) is 0 Å². The molecule has 0 aliphatic rings. The second-order valence-electron chi connectivity index (χ2n) is 6.43. The Morgan fingerprint density at radius 3 is 2.42 bits per heavy atom. The first-order chi connectivity index (χ1) is 8.91. The summed E-state index contributed by atoms with van der Waals surface area (Å²) in [6, 6.07) is 0.397. The Morgan fingerprint density at radius 2 is 1.89 bits per heavy atom. The van der Waals surface area contributed by atoms with Crippen LogP contribution in [-0.4, -0.2) is 16.1 Å². The molecule has 0 radical (unpaired) electrons. The fourth-order valence-electron chi connectivity index (χ4n) is 2.40. The molecule has 2 unspecified atom stereocenters. The molecule has 19 heavy (non-hydrogen) atoms. The summed E-state index contributed by atoms with van der Waals surface area (Å²) in [5.41, 5.74) is 1.23. The fraction of sp³-hybridized carbons (Fsp3) is 0.867. The minimum absolute atomic E-state index is 0.0699. The Labute approximate surface area is 122 Å². The molecule has 1 aromatic heterocycles. The van der Waals surface area contributed by atoms with E-state index in [-0.39, 0.29) is 5.41 Å². The molecule has 1 N–H and O–H groups in total. The monoisotopic (exact) mass is 283 g/mol. The topological polar surface area (TPSA) is 37.8 Å². The molecule has 0 amide bonds. The summed E-state index contributed by atoms with van der Waals surface area (Å²) in [5.74, 6) is 0.625. The summed E-state index contributed by atoms with van der Waals surface area (Å²) in [4.78, 5) is 1.34. The van der Waals surface area contributed by atoms with Gasteiger partial charge in [-0.2, -0.15) is 0 Å². The van der Waals surface area contributed by atoms with Crippen molar-refractivity contribution in [2.24, 2.45) is 5.92 Å². The smallest absolute Gasteiger partial charge is 0.0857 e. The van der Waals surface area contributed by atoms with Crippen LogP contribution in [0.5, 0.6) is 0 Å². The van der Waals surface area contributed by atoms with Crippen LogP contribution >= 0.6 is 11.5 Å². The highest BCUT2D eigenvalue weighted by molar-refractivity contribution is 7.05. The lowest BCUT2D eigenvalue weighted by atomic mass is 9.86. The molecule has 0 spiro atoms. The molecule has 0 saturated heterocycles. The first kappa shape index (κ1) is 16.6. The molecule has 0 aliphatic heterocycles. The van der Waals surface area contributed by atoms with Crippen molar-refractivity contribution >= 4 is 11.5 Å². The minimum Gasteiger partial charge on any atom is -0.309 e. The predicted molar refractivity (Wildman–Crippen MR) is 83.7 cm³/mol. The first-order valence-electron chi connectivity index (χ1n) is 7.47. The number of hydrogen-bond acceptors (Lipinski definition) is 4. The summed E-state index contributed by atoms with van der Waals surface area (Å²) in [6.07, 6.45) is 3.62. The van der Waals surface area contributed by atoms with Crippen LogP contribution in [0.15, 0.2) is 0 Å². The summed E-state index contributed by atoms with van der Waals surface area (Å²) >= 11 is 1.57. The number of nitrogens with one attached hydrogen (secondary N) is 1. The second-order valence-corrected chi connectivity index (χ2v) is 7.22. The lowest BCUT2D eigenvalue weighted by Gasteiger charge is -2.27. The average Bonchev–Trinajstić information content (AvgIpc) is 2.78. The predicted octanol–water partition coefficient (Wildman–Crippen LogP) is 4.31. The molecule has 4 heteroatoms. The highest BCUT2D eigenvalue weighted by atomic mass is 32.1. The molecule has 0 aromatic carbocycles. The third kappa shape index (κ3) is 4.53. The van der Waals surface area contributed by atoms with Gasteiger partial charge in [-0.05, 0) is 36.8 Å². The van der Waals surface area contributed by atoms with Gasteiger partial charge in [0, 0.05) is 11.5 Å². The van der Waals surface area contributed by atoms with E-state index in [0.29, 0.717) is 12.0 Å². The van der Waals surface area contributed by atoms with Gasteiger partial charge in [0.15, 0.2) is 0 Å². The molecule has 3 nitrogen and oxygen atoms in total. The molecule has 1 aromatic rings. The molecular formula is C15H29N3S. The third-order valence-electron chi connectivity index (χ3n) is 3.43. The van der Waals surface area contributed by atoms with Gasteiger partial charge in [0.05, 0.1) is 10.6 Å². The maximum absolute atomic E-state index is 4.39. The Hall–Kier alpha value is -0.480. The average molecular weight is 283 g/mol. The van der Waals surface area contributed by atoms with Gasteiger partial charge < -0.3 is 5.32 Å². The van der Waals surface area contributed by atoms with Crippen molar-refractivity contribution in [2.45, 2.75) is 72.3 Å². The molecule has 110 valence electrons. The van der Waals surface area contributed by atoms with Gasteiger partial charge in [-0.15, -0.1) is 5.10 Å². The van der Waals surface area contributed by atoms with Crippen LogP contribution in [0, 0.1) is 5.92 Å². The Morgan fingerprint density at radius 1 is 1.21 bits per heavy atom. The summed E-state index contributed by atoms with van der Waals surface area (Å²) in [5, 5.41) is 8.09. The van der Waals surface area contributed by atoms with Gasteiger partial charge >= 0.3 is 0 Å². The van der Waals surface area contributed by atoms with Crippen molar-refractivity contribution in [3.63, 3.8) is 0 Å². The van der Waals surface area contributed by atoms with Gasteiger partial charge in [0.25, 0.3) is 0 Å². The van der Waals surface area contributed by atoms with Crippen molar-refractivity contribution in [1.29, 1.82) is 0 Å². The summed E-state index contributed by atoms with van der Waals surface area (Å²) in [7, 11) is 0. The van der Waals surface area contributed by atoms with Crippen molar-refractivity contribution < 1.29 is 0 Å². The maximum atomic E-state index is 4.39. The van der Waals surface area contributed by atoms with Crippen LogP contribution in [0.25, 0.3) is 0 Å². The Balaban J connectivity index is 3.00. The van der Waals surface area contributed by atoms with Gasteiger partial charge in [0.1, 0.15) is 0 Å².